The second-order valence-corrected chi connectivity index (χ2v) is 4.66. The van der Waals surface area contributed by atoms with Gasteiger partial charge in [0.2, 0.25) is 5.91 Å². The van der Waals surface area contributed by atoms with Gasteiger partial charge in [-0.15, -0.1) is 0 Å². The topological polar surface area (TPSA) is 64.6 Å². The Bertz CT molecular complexity index is 274. The van der Waals surface area contributed by atoms with E-state index in [9.17, 15) is 9.59 Å². The maximum Gasteiger partial charge on any atom is 0.307 e. The summed E-state index contributed by atoms with van der Waals surface area (Å²) in [4.78, 5) is 23.3. The van der Waals surface area contributed by atoms with Gasteiger partial charge in [-0.2, -0.15) is 0 Å². The van der Waals surface area contributed by atoms with Crippen molar-refractivity contribution in [1.29, 1.82) is 0 Å². The minimum atomic E-state index is -0.277. The molecule has 1 amide bonds. The molecule has 5 nitrogen and oxygen atoms in total. The van der Waals surface area contributed by atoms with Crippen LogP contribution in [0.15, 0.2) is 0 Å². The third-order valence-corrected chi connectivity index (χ3v) is 3.22. The SMILES string of the molecule is CCCC(CC(=O)OC)NC(=O)C1CCOCC1. The number of ether oxygens (including phenoxy) is 2. The molecule has 1 unspecified atom stereocenters. The smallest absolute Gasteiger partial charge is 0.307 e. The molecule has 1 rings (SSSR count). The van der Waals surface area contributed by atoms with Crippen molar-refractivity contribution >= 4 is 11.9 Å². The third kappa shape index (κ3) is 5.04. The number of amides is 1. The second kappa shape index (κ2) is 8.08. The van der Waals surface area contributed by atoms with Gasteiger partial charge in [-0.3, -0.25) is 9.59 Å². The molecule has 0 radical (unpaired) electrons. The quantitative estimate of drug-likeness (QED) is 0.728. The van der Waals surface area contributed by atoms with E-state index in [2.05, 4.69) is 10.1 Å². The molecule has 1 aliphatic rings. The third-order valence-electron chi connectivity index (χ3n) is 3.22. The molecule has 0 aromatic heterocycles. The minimum Gasteiger partial charge on any atom is -0.469 e. The molecule has 1 fully saturated rings. The predicted octanol–water partition coefficient (Wildman–Crippen LogP) is 1.26. The van der Waals surface area contributed by atoms with Gasteiger partial charge < -0.3 is 14.8 Å². The highest BCUT2D eigenvalue weighted by Crippen LogP contribution is 2.15. The highest BCUT2D eigenvalue weighted by atomic mass is 16.5. The maximum absolute atomic E-state index is 12.0. The molecule has 0 aliphatic carbocycles. The number of nitrogens with one attached hydrogen (secondary N) is 1. The summed E-state index contributed by atoms with van der Waals surface area (Å²) in [5, 5.41) is 2.96. The average Bonchev–Trinajstić information content (AvgIpc) is 2.39. The fourth-order valence-electron chi connectivity index (χ4n) is 2.14. The van der Waals surface area contributed by atoms with Crippen molar-refractivity contribution in [2.45, 2.75) is 45.1 Å². The number of hydrogen-bond donors (Lipinski definition) is 1. The Morgan fingerprint density at radius 2 is 2.06 bits per heavy atom. The van der Waals surface area contributed by atoms with Gasteiger partial charge in [0.25, 0.3) is 0 Å². The summed E-state index contributed by atoms with van der Waals surface area (Å²) in [6.07, 6.45) is 3.50. The van der Waals surface area contributed by atoms with Gasteiger partial charge in [0.1, 0.15) is 0 Å². The van der Waals surface area contributed by atoms with Gasteiger partial charge in [-0.25, -0.2) is 0 Å². The molecule has 1 N–H and O–H groups in total. The summed E-state index contributed by atoms with van der Waals surface area (Å²) in [6, 6.07) is -0.113. The van der Waals surface area contributed by atoms with E-state index in [0.717, 1.165) is 25.7 Å². The van der Waals surface area contributed by atoms with Gasteiger partial charge in [-0.05, 0) is 19.3 Å². The van der Waals surface area contributed by atoms with Crippen LogP contribution in [0.4, 0.5) is 0 Å². The fourth-order valence-corrected chi connectivity index (χ4v) is 2.14. The Hall–Kier alpha value is -1.10. The van der Waals surface area contributed by atoms with Crippen LogP contribution in [0, 0.1) is 5.92 Å². The lowest BCUT2D eigenvalue weighted by Gasteiger charge is -2.24. The van der Waals surface area contributed by atoms with Crippen LogP contribution >= 0.6 is 0 Å². The summed E-state index contributed by atoms with van der Waals surface area (Å²) < 4.78 is 9.87. The number of rotatable bonds is 6. The zero-order chi connectivity index (χ0) is 13.4. The van der Waals surface area contributed by atoms with Crippen LogP contribution in [-0.4, -0.2) is 38.2 Å². The van der Waals surface area contributed by atoms with Crippen molar-refractivity contribution in [1.82, 2.24) is 5.32 Å². The number of carbonyl (C=O) groups excluding carboxylic acids is 2. The Morgan fingerprint density at radius 1 is 1.39 bits per heavy atom. The molecule has 18 heavy (non-hydrogen) atoms. The monoisotopic (exact) mass is 257 g/mol. The summed E-state index contributed by atoms with van der Waals surface area (Å²) in [7, 11) is 1.37. The maximum atomic E-state index is 12.0. The summed E-state index contributed by atoms with van der Waals surface area (Å²) in [5.41, 5.74) is 0. The molecule has 0 spiro atoms. The van der Waals surface area contributed by atoms with Crippen LogP contribution in [0.3, 0.4) is 0 Å². The first-order valence-electron chi connectivity index (χ1n) is 6.62. The average molecular weight is 257 g/mol. The van der Waals surface area contributed by atoms with E-state index < -0.39 is 0 Å². The van der Waals surface area contributed by atoms with Gasteiger partial charge in [-0.1, -0.05) is 13.3 Å². The van der Waals surface area contributed by atoms with E-state index >= 15 is 0 Å². The highest BCUT2D eigenvalue weighted by Gasteiger charge is 2.24. The van der Waals surface area contributed by atoms with E-state index in [1.165, 1.54) is 7.11 Å². The van der Waals surface area contributed by atoms with Crippen molar-refractivity contribution in [3.63, 3.8) is 0 Å². The Morgan fingerprint density at radius 3 is 2.61 bits per heavy atom. The summed E-state index contributed by atoms with van der Waals surface area (Å²) >= 11 is 0. The molecule has 1 heterocycles. The van der Waals surface area contributed by atoms with Crippen LogP contribution in [0.25, 0.3) is 0 Å². The van der Waals surface area contributed by atoms with Crippen molar-refractivity contribution in [3.05, 3.63) is 0 Å². The van der Waals surface area contributed by atoms with Crippen molar-refractivity contribution in [2.75, 3.05) is 20.3 Å². The molecule has 104 valence electrons. The Balaban J connectivity index is 2.43. The molecule has 0 aromatic carbocycles. The lowest BCUT2D eigenvalue weighted by Crippen LogP contribution is -2.41. The highest BCUT2D eigenvalue weighted by molar-refractivity contribution is 5.80. The van der Waals surface area contributed by atoms with Crippen LogP contribution in [0.5, 0.6) is 0 Å². The Labute approximate surface area is 108 Å². The first-order valence-corrected chi connectivity index (χ1v) is 6.62. The zero-order valence-corrected chi connectivity index (χ0v) is 11.2. The molecule has 0 aromatic rings. The van der Waals surface area contributed by atoms with Crippen molar-refractivity contribution in [2.24, 2.45) is 5.92 Å². The largest absolute Gasteiger partial charge is 0.469 e. The molecule has 1 atom stereocenters. The Kier molecular flexibility index (Phi) is 6.72. The molecule has 1 saturated heterocycles. The normalized spacial score (nSPS) is 18.1. The van der Waals surface area contributed by atoms with E-state index in [-0.39, 0.29) is 30.3 Å². The molecular weight excluding hydrogens is 234 g/mol. The summed E-state index contributed by atoms with van der Waals surface area (Å²) in [6.45, 7) is 3.33. The predicted molar refractivity (Wildman–Crippen MR) is 67.0 cm³/mol. The summed E-state index contributed by atoms with van der Waals surface area (Å²) in [5.74, 6) is -0.211. The molecule has 0 saturated carbocycles. The first kappa shape index (κ1) is 15.0. The lowest BCUT2D eigenvalue weighted by atomic mass is 9.98. The van der Waals surface area contributed by atoms with Gasteiger partial charge in [0, 0.05) is 25.2 Å². The van der Waals surface area contributed by atoms with Crippen LogP contribution in [0.2, 0.25) is 0 Å². The fraction of sp³-hybridized carbons (Fsp3) is 0.846. The van der Waals surface area contributed by atoms with E-state index in [4.69, 9.17) is 4.74 Å². The van der Waals surface area contributed by atoms with E-state index in [1.54, 1.807) is 0 Å². The van der Waals surface area contributed by atoms with Gasteiger partial charge >= 0.3 is 5.97 Å². The molecule has 1 aliphatic heterocycles. The van der Waals surface area contributed by atoms with Crippen molar-refractivity contribution in [3.8, 4) is 0 Å². The number of carbonyl (C=O) groups is 2. The standard InChI is InChI=1S/C13H23NO4/c1-3-4-11(9-12(15)17-2)14-13(16)10-5-7-18-8-6-10/h10-11H,3-9H2,1-2H3,(H,14,16). The first-order chi connectivity index (χ1) is 8.67. The van der Waals surface area contributed by atoms with Crippen LogP contribution in [0.1, 0.15) is 39.0 Å². The van der Waals surface area contributed by atoms with Gasteiger partial charge in [0.15, 0.2) is 0 Å². The zero-order valence-electron chi connectivity index (χ0n) is 11.2. The second-order valence-electron chi connectivity index (χ2n) is 4.66. The van der Waals surface area contributed by atoms with E-state index in [0.29, 0.717) is 13.2 Å². The number of methoxy groups -OCH3 is 1. The van der Waals surface area contributed by atoms with Gasteiger partial charge in [0.05, 0.1) is 13.5 Å². The van der Waals surface area contributed by atoms with Crippen molar-refractivity contribution < 1.29 is 19.1 Å². The lowest BCUT2D eigenvalue weighted by molar-refractivity contribution is -0.141. The van der Waals surface area contributed by atoms with Crippen LogP contribution < -0.4 is 5.32 Å². The number of hydrogen-bond acceptors (Lipinski definition) is 4. The molecule has 5 heteroatoms. The van der Waals surface area contributed by atoms with Crippen LogP contribution in [-0.2, 0) is 19.1 Å². The van der Waals surface area contributed by atoms with E-state index in [1.807, 2.05) is 6.92 Å². The molecular formula is C13H23NO4. The number of esters is 1. The molecule has 0 bridgehead atoms. The minimum absolute atomic E-state index is 0.0238.